The Morgan fingerprint density at radius 3 is 1.76 bits per heavy atom. The summed E-state index contributed by atoms with van der Waals surface area (Å²) in [6.07, 6.45) is -11.7. The molecule has 1 unspecified atom stereocenters. The minimum Gasteiger partial charge on any atom is -0.361 e. The fourth-order valence-corrected chi connectivity index (χ4v) is 1.94. The third-order valence-corrected chi connectivity index (χ3v) is 3.13. The van der Waals surface area contributed by atoms with E-state index in [0.29, 0.717) is 0 Å². The van der Waals surface area contributed by atoms with E-state index in [1.54, 1.807) is 0 Å². The normalized spacial score (nSPS) is 24.2. The SMILES string of the molecule is CN(C)C1=NC(C(F)(F)F)(C(F)(F)F)S(=O)O1. The van der Waals surface area contributed by atoms with Gasteiger partial charge in [-0.3, -0.25) is 0 Å². The Hall–Kier alpha value is -1.00. The largest absolute Gasteiger partial charge is 0.438 e. The second-order valence-electron chi connectivity index (χ2n) is 3.25. The van der Waals surface area contributed by atoms with Crippen molar-refractivity contribution in [2.75, 3.05) is 14.1 Å². The van der Waals surface area contributed by atoms with Crippen LogP contribution in [0, 0.1) is 0 Å². The van der Waals surface area contributed by atoms with Gasteiger partial charge in [0, 0.05) is 14.1 Å². The lowest BCUT2D eigenvalue weighted by Crippen LogP contribution is -2.56. The van der Waals surface area contributed by atoms with Gasteiger partial charge in [-0.15, -0.1) is 0 Å². The Bertz CT molecular complexity index is 360. The number of aliphatic imine (C=N–C) groups is 1. The number of nitrogens with zero attached hydrogens (tertiary/aromatic N) is 2. The van der Waals surface area contributed by atoms with E-state index in [1.807, 2.05) is 0 Å². The van der Waals surface area contributed by atoms with Gasteiger partial charge in [-0.05, 0) is 0 Å². The molecule has 0 aromatic heterocycles. The number of halogens is 6. The first-order valence-electron chi connectivity index (χ1n) is 3.94. The molecule has 11 heteroatoms. The van der Waals surface area contributed by atoms with Crippen LogP contribution in [0.2, 0.25) is 0 Å². The first-order chi connectivity index (χ1) is 7.43. The molecule has 0 saturated heterocycles. The number of alkyl halides is 6. The first kappa shape index (κ1) is 14.1. The monoisotopic (exact) mass is 284 g/mol. The van der Waals surface area contributed by atoms with Crippen molar-refractivity contribution in [3.63, 3.8) is 0 Å². The molecule has 1 aliphatic rings. The Morgan fingerprint density at radius 2 is 1.59 bits per heavy atom. The van der Waals surface area contributed by atoms with E-state index >= 15 is 0 Å². The van der Waals surface area contributed by atoms with E-state index in [0.717, 1.165) is 19.0 Å². The molecule has 1 heterocycles. The average molecular weight is 284 g/mol. The summed E-state index contributed by atoms with van der Waals surface area (Å²) < 4.78 is 89.9. The molecule has 4 nitrogen and oxygen atoms in total. The summed E-state index contributed by atoms with van der Waals surface area (Å²) in [5, 5.41) is 0. The molecule has 0 bridgehead atoms. The van der Waals surface area contributed by atoms with Gasteiger partial charge in [-0.2, -0.15) is 31.3 Å². The summed E-state index contributed by atoms with van der Waals surface area (Å²) >= 11 is -3.70. The van der Waals surface area contributed by atoms with Crippen molar-refractivity contribution in [3.05, 3.63) is 0 Å². The van der Waals surface area contributed by atoms with Crippen molar-refractivity contribution in [1.29, 1.82) is 0 Å². The standard InChI is InChI=1S/C6H6F6N2O2S/c1-14(2)3-13-4(5(7,8)9,6(10,11)12)17(15)16-3/h1-2H3. The van der Waals surface area contributed by atoms with Gasteiger partial charge in [0.15, 0.2) is 0 Å². The van der Waals surface area contributed by atoms with E-state index in [4.69, 9.17) is 0 Å². The van der Waals surface area contributed by atoms with Crippen molar-refractivity contribution < 1.29 is 34.7 Å². The van der Waals surface area contributed by atoms with Crippen molar-refractivity contribution in [3.8, 4) is 0 Å². The van der Waals surface area contributed by atoms with E-state index in [2.05, 4.69) is 9.18 Å². The molecule has 0 N–H and O–H groups in total. The molecular formula is C6H6F6N2O2S. The molecule has 1 atom stereocenters. The van der Waals surface area contributed by atoms with E-state index in [-0.39, 0.29) is 0 Å². The van der Waals surface area contributed by atoms with Gasteiger partial charge in [0.1, 0.15) is 0 Å². The maximum atomic E-state index is 12.5. The van der Waals surface area contributed by atoms with Gasteiger partial charge >= 0.3 is 23.2 Å². The molecule has 1 aliphatic heterocycles. The zero-order valence-electron chi connectivity index (χ0n) is 8.39. The summed E-state index contributed by atoms with van der Waals surface area (Å²) in [5.74, 6) is 0. The molecule has 1 rings (SSSR count). The van der Waals surface area contributed by atoms with E-state index in [9.17, 15) is 30.6 Å². The minimum absolute atomic E-state index is 0.761. The molecule has 0 fully saturated rings. The number of rotatable bonds is 0. The molecule has 0 saturated carbocycles. The Morgan fingerprint density at radius 1 is 1.18 bits per heavy atom. The summed E-state index contributed by atoms with van der Waals surface area (Å²) in [4.78, 5) is -1.55. The highest BCUT2D eigenvalue weighted by molar-refractivity contribution is 7.82. The van der Waals surface area contributed by atoms with Crippen molar-refractivity contribution in [2.45, 2.75) is 17.2 Å². The smallest absolute Gasteiger partial charge is 0.361 e. The second kappa shape index (κ2) is 3.75. The predicted octanol–water partition coefficient (Wildman–Crippen LogP) is 1.42. The number of hydrogen-bond acceptors (Lipinski definition) is 4. The molecule has 0 aromatic carbocycles. The molecule has 0 radical (unpaired) electrons. The third-order valence-electron chi connectivity index (χ3n) is 1.80. The average Bonchev–Trinajstić information content (AvgIpc) is 2.41. The Balaban J connectivity index is 3.42. The summed E-state index contributed by atoms with van der Waals surface area (Å²) in [6, 6.07) is -0.988. The Labute approximate surface area is 93.9 Å². The lowest BCUT2D eigenvalue weighted by molar-refractivity contribution is -0.263. The van der Waals surface area contributed by atoms with Crippen LogP contribution in [-0.2, 0) is 15.3 Å². The Kier molecular flexibility index (Phi) is 3.10. The van der Waals surface area contributed by atoms with Crippen LogP contribution in [0.25, 0.3) is 0 Å². The van der Waals surface area contributed by atoms with Crippen molar-refractivity contribution in [2.24, 2.45) is 4.99 Å². The maximum Gasteiger partial charge on any atom is 0.438 e. The maximum absolute atomic E-state index is 12.5. The molecule has 0 spiro atoms. The van der Waals surface area contributed by atoms with Crippen LogP contribution in [0.1, 0.15) is 0 Å². The van der Waals surface area contributed by atoms with Crippen LogP contribution in [0.5, 0.6) is 0 Å². The fourth-order valence-electron chi connectivity index (χ4n) is 0.970. The molecule has 0 aromatic rings. The lowest BCUT2D eigenvalue weighted by Gasteiger charge is -2.26. The minimum atomic E-state index is -5.87. The van der Waals surface area contributed by atoms with Crippen LogP contribution >= 0.6 is 0 Å². The number of amidine groups is 1. The molecule has 100 valence electrons. The van der Waals surface area contributed by atoms with Crippen LogP contribution in [0.15, 0.2) is 4.99 Å². The van der Waals surface area contributed by atoms with Crippen molar-refractivity contribution >= 4 is 17.1 Å². The fraction of sp³-hybridized carbons (Fsp3) is 0.833. The van der Waals surface area contributed by atoms with Crippen LogP contribution < -0.4 is 0 Å². The van der Waals surface area contributed by atoms with E-state index < -0.39 is 34.3 Å². The van der Waals surface area contributed by atoms with Gasteiger partial charge < -0.3 is 9.08 Å². The zero-order valence-corrected chi connectivity index (χ0v) is 9.20. The van der Waals surface area contributed by atoms with Crippen LogP contribution in [-0.4, -0.2) is 46.4 Å². The van der Waals surface area contributed by atoms with Gasteiger partial charge in [-0.25, -0.2) is 4.21 Å². The summed E-state index contributed by atoms with van der Waals surface area (Å²) in [7, 11) is 2.22. The predicted molar refractivity (Wildman–Crippen MR) is 45.2 cm³/mol. The number of hydrogen-bond donors (Lipinski definition) is 0. The third kappa shape index (κ3) is 1.96. The molecular weight excluding hydrogens is 278 g/mol. The second-order valence-corrected chi connectivity index (χ2v) is 4.47. The molecule has 17 heavy (non-hydrogen) atoms. The van der Waals surface area contributed by atoms with Gasteiger partial charge in [0.05, 0.1) is 0 Å². The van der Waals surface area contributed by atoms with E-state index in [1.165, 1.54) is 0 Å². The summed E-state index contributed by atoms with van der Waals surface area (Å²) in [6.45, 7) is 0. The molecule has 0 aliphatic carbocycles. The highest BCUT2D eigenvalue weighted by Gasteiger charge is 2.80. The first-order valence-corrected chi connectivity index (χ1v) is 5.02. The van der Waals surface area contributed by atoms with Crippen LogP contribution in [0.3, 0.4) is 0 Å². The topological polar surface area (TPSA) is 41.9 Å². The van der Waals surface area contributed by atoms with Crippen LogP contribution in [0.4, 0.5) is 26.3 Å². The van der Waals surface area contributed by atoms with Gasteiger partial charge in [0.25, 0.3) is 11.1 Å². The quantitative estimate of drug-likeness (QED) is 0.632. The highest BCUT2D eigenvalue weighted by Crippen LogP contribution is 2.51. The van der Waals surface area contributed by atoms with Gasteiger partial charge in [-0.1, -0.05) is 0 Å². The highest BCUT2D eigenvalue weighted by atomic mass is 32.2. The van der Waals surface area contributed by atoms with Gasteiger partial charge in [0.2, 0.25) is 0 Å². The zero-order chi connectivity index (χ0) is 13.6. The molecule has 0 amide bonds. The summed E-state index contributed by atoms with van der Waals surface area (Å²) in [5.41, 5.74) is 0. The lowest BCUT2D eigenvalue weighted by atomic mass is 10.3. The van der Waals surface area contributed by atoms with Crippen molar-refractivity contribution in [1.82, 2.24) is 4.90 Å².